The summed E-state index contributed by atoms with van der Waals surface area (Å²) in [6.07, 6.45) is 3.69. The molecule has 6 heteroatoms. The molecular formula is C14H17ClN2O3. The van der Waals surface area contributed by atoms with Gasteiger partial charge in [0.2, 0.25) is 0 Å². The number of aliphatic hydroxyl groups is 1. The van der Waals surface area contributed by atoms with E-state index < -0.39 is 4.92 Å². The Bertz CT molecular complexity index is 523. The fourth-order valence-electron chi connectivity index (χ4n) is 3.48. The van der Waals surface area contributed by atoms with E-state index in [9.17, 15) is 15.2 Å². The molecule has 0 spiro atoms. The van der Waals surface area contributed by atoms with Crippen molar-refractivity contribution in [2.75, 3.05) is 0 Å². The number of hydrogen-bond donors (Lipinski definition) is 1. The zero-order chi connectivity index (χ0) is 14.3. The Balaban J connectivity index is 1.77. The molecule has 0 aliphatic carbocycles. The average Bonchev–Trinajstić information content (AvgIpc) is 2.63. The van der Waals surface area contributed by atoms with E-state index in [-0.39, 0.29) is 11.8 Å². The number of non-ortho nitro benzene ring substituents is 1. The van der Waals surface area contributed by atoms with Gasteiger partial charge in [0.1, 0.15) is 0 Å². The highest BCUT2D eigenvalue weighted by Crippen LogP contribution is 2.37. The van der Waals surface area contributed by atoms with Crippen LogP contribution in [-0.4, -0.2) is 33.1 Å². The molecule has 3 rings (SSSR count). The predicted octanol–water partition coefficient (Wildman–Crippen LogP) is 2.74. The van der Waals surface area contributed by atoms with Gasteiger partial charge < -0.3 is 5.11 Å². The van der Waals surface area contributed by atoms with Crippen LogP contribution in [0.4, 0.5) is 5.69 Å². The van der Waals surface area contributed by atoms with E-state index in [0.29, 0.717) is 23.7 Å². The highest BCUT2D eigenvalue weighted by Gasteiger charge is 2.40. The summed E-state index contributed by atoms with van der Waals surface area (Å²) in [4.78, 5) is 12.7. The lowest BCUT2D eigenvalue weighted by Gasteiger charge is -2.37. The van der Waals surface area contributed by atoms with E-state index in [1.165, 1.54) is 12.1 Å². The Morgan fingerprint density at radius 2 is 2.00 bits per heavy atom. The van der Waals surface area contributed by atoms with Crippen molar-refractivity contribution < 1.29 is 10.0 Å². The van der Waals surface area contributed by atoms with Gasteiger partial charge in [0.05, 0.1) is 16.0 Å². The molecular weight excluding hydrogens is 280 g/mol. The van der Waals surface area contributed by atoms with Crippen molar-refractivity contribution >= 4 is 17.3 Å². The second-order valence-electron chi connectivity index (χ2n) is 5.72. The van der Waals surface area contributed by atoms with Crippen LogP contribution >= 0.6 is 11.6 Å². The number of rotatable bonds is 3. The van der Waals surface area contributed by atoms with Crippen LogP contribution in [0.25, 0.3) is 0 Å². The SMILES string of the molecule is O=[N+]([O-])c1ccc(CN2C3CCC2CC(O)C3)c(Cl)c1. The Morgan fingerprint density at radius 3 is 2.55 bits per heavy atom. The van der Waals surface area contributed by atoms with Gasteiger partial charge in [-0.05, 0) is 37.3 Å². The summed E-state index contributed by atoms with van der Waals surface area (Å²) in [6.45, 7) is 0.707. The third-order valence-electron chi connectivity index (χ3n) is 4.46. The standard InChI is InChI=1S/C14H17ClN2O3/c15-14-7-12(17(19)20)2-1-9(14)8-16-10-3-4-11(16)6-13(18)5-10/h1-2,7,10-11,13,18H,3-6,8H2. The second-order valence-corrected chi connectivity index (χ2v) is 6.12. The van der Waals surface area contributed by atoms with E-state index in [0.717, 1.165) is 31.2 Å². The van der Waals surface area contributed by atoms with Crippen molar-refractivity contribution in [3.05, 3.63) is 38.9 Å². The molecule has 0 amide bonds. The third-order valence-corrected chi connectivity index (χ3v) is 4.81. The molecule has 5 nitrogen and oxygen atoms in total. The predicted molar refractivity (Wildman–Crippen MR) is 75.7 cm³/mol. The Kier molecular flexibility index (Phi) is 3.67. The fraction of sp³-hybridized carbons (Fsp3) is 0.571. The number of aliphatic hydroxyl groups excluding tert-OH is 1. The molecule has 2 heterocycles. The van der Waals surface area contributed by atoms with Crippen LogP contribution in [-0.2, 0) is 6.54 Å². The molecule has 1 aromatic carbocycles. The summed E-state index contributed by atoms with van der Waals surface area (Å²) in [6, 6.07) is 5.48. The maximum atomic E-state index is 10.7. The van der Waals surface area contributed by atoms with Crippen molar-refractivity contribution in [2.45, 2.75) is 50.4 Å². The average molecular weight is 297 g/mol. The fourth-order valence-corrected chi connectivity index (χ4v) is 3.71. The number of piperidine rings is 1. The lowest BCUT2D eigenvalue weighted by molar-refractivity contribution is -0.384. The first-order valence-corrected chi connectivity index (χ1v) is 7.29. The van der Waals surface area contributed by atoms with Crippen molar-refractivity contribution in [1.29, 1.82) is 0 Å². The van der Waals surface area contributed by atoms with Gasteiger partial charge in [-0.2, -0.15) is 0 Å². The summed E-state index contributed by atoms with van der Waals surface area (Å²) in [7, 11) is 0. The summed E-state index contributed by atoms with van der Waals surface area (Å²) < 4.78 is 0. The summed E-state index contributed by atoms with van der Waals surface area (Å²) in [5, 5.41) is 21.0. The minimum Gasteiger partial charge on any atom is -0.393 e. The van der Waals surface area contributed by atoms with Gasteiger partial charge in [0.15, 0.2) is 0 Å². The number of nitro benzene ring substituents is 1. The number of nitrogens with zero attached hydrogens (tertiary/aromatic N) is 2. The molecule has 2 unspecified atom stereocenters. The van der Waals surface area contributed by atoms with E-state index in [1.54, 1.807) is 6.07 Å². The minimum absolute atomic E-state index is 0.0239. The van der Waals surface area contributed by atoms with Crippen LogP contribution in [0.5, 0.6) is 0 Å². The Labute approximate surface area is 122 Å². The Morgan fingerprint density at radius 1 is 1.35 bits per heavy atom. The highest BCUT2D eigenvalue weighted by atomic mass is 35.5. The molecule has 2 aliphatic rings. The molecule has 0 saturated carbocycles. The molecule has 1 N–H and O–H groups in total. The number of halogens is 1. The molecule has 2 aliphatic heterocycles. The first-order valence-electron chi connectivity index (χ1n) is 6.91. The first kappa shape index (κ1) is 13.8. The molecule has 2 atom stereocenters. The topological polar surface area (TPSA) is 66.6 Å². The van der Waals surface area contributed by atoms with Gasteiger partial charge in [-0.3, -0.25) is 15.0 Å². The Hall–Kier alpha value is -1.17. The van der Waals surface area contributed by atoms with E-state index in [2.05, 4.69) is 4.90 Å². The first-order chi connectivity index (χ1) is 9.54. The van der Waals surface area contributed by atoms with Crippen LogP contribution in [0.15, 0.2) is 18.2 Å². The minimum atomic E-state index is -0.434. The zero-order valence-corrected chi connectivity index (χ0v) is 11.8. The largest absolute Gasteiger partial charge is 0.393 e. The van der Waals surface area contributed by atoms with E-state index >= 15 is 0 Å². The molecule has 2 fully saturated rings. The maximum Gasteiger partial charge on any atom is 0.270 e. The zero-order valence-electron chi connectivity index (χ0n) is 11.0. The van der Waals surface area contributed by atoms with Gasteiger partial charge in [-0.1, -0.05) is 11.6 Å². The van der Waals surface area contributed by atoms with E-state index in [1.807, 2.05) is 0 Å². The van der Waals surface area contributed by atoms with Gasteiger partial charge in [0, 0.05) is 30.8 Å². The molecule has 0 radical (unpaired) electrons. The quantitative estimate of drug-likeness (QED) is 0.688. The lowest BCUT2D eigenvalue weighted by Crippen LogP contribution is -2.44. The number of fused-ring (bicyclic) bond motifs is 2. The van der Waals surface area contributed by atoms with Gasteiger partial charge in [-0.25, -0.2) is 0 Å². The van der Waals surface area contributed by atoms with Crippen molar-refractivity contribution in [1.82, 2.24) is 4.90 Å². The molecule has 1 aromatic rings. The monoisotopic (exact) mass is 296 g/mol. The third kappa shape index (κ3) is 2.53. The normalized spacial score (nSPS) is 29.6. The lowest BCUT2D eigenvalue weighted by atomic mass is 9.99. The van der Waals surface area contributed by atoms with Crippen LogP contribution < -0.4 is 0 Å². The maximum absolute atomic E-state index is 10.7. The molecule has 20 heavy (non-hydrogen) atoms. The molecule has 2 saturated heterocycles. The number of nitro groups is 1. The van der Waals surface area contributed by atoms with Gasteiger partial charge >= 0.3 is 0 Å². The summed E-state index contributed by atoms with van der Waals surface area (Å²) in [5.41, 5.74) is 0.946. The van der Waals surface area contributed by atoms with Crippen molar-refractivity contribution in [2.24, 2.45) is 0 Å². The van der Waals surface area contributed by atoms with Crippen LogP contribution in [0.2, 0.25) is 5.02 Å². The summed E-state index contributed by atoms with van der Waals surface area (Å²) in [5.74, 6) is 0. The second kappa shape index (κ2) is 5.31. The van der Waals surface area contributed by atoms with Gasteiger partial charge in [-0.15, -0.1) is 0 Å². The van der Waals surface area contributed by atoms with Crippen LogP contribution in [0.3, 0.4) is 0 Å². The number of hydrogen-bond acceptors (Lipinski definition) is 4. The summed E-state index contributed by atoms with van der Waals surface area (Å²) >= 11 is 6.16. The van der Waals surface area contributed by atoms with Gasteiger partial charge in [0.25, 0.3) is 5.69 Å². The number of benzene rings is 1. The van der Waals surface area contributed by atoms with E-state index in [4.69, 9.17) is 11.6 Å². The molecule has 108 valence electrons. The van der Waals surface area contributed by atoms with Crippen LogP contribution in [0, 0.1) is 10.1 Å². The van der Waals surface area contributed by atoms with Crippen LogP contribution in [0.1, 0.15) is 31.2 Å². The smallest absolute Gasteiger partial charge is 0.270 e. The van der Waals surface area contributed by atoms with Crippen molar-refractivity contribution in [3.8, 4) is 0 Å². The highest BCUT2D eigenvalue weighted by molar-refractivity contribution is 6.31. The molecule has 2 bridgehead atoms. The molecule has 0 aromatic heterocycles. The van der Waals surface area contributed by atoms with Crippen molar-refractivity contribution in [3.63, 3.8) is 0 Å².